The van der Waals surface area contributed by atoms with Crippen molar-refractivity contribution >= 4 is 34.8 Å². The van der Waals surface area contributed by atoms with Crippen LogP contribution >= 0.6 is 11.8 Å². The van der Waals surface area contributed by atoms with Crippen LogP contribution in [-0.2, 0) is 9.59 Å². The van der Waals surface area contributed by atoms with Crippen LogP contribution in [0.15, 0.2) is 47.4 Å². The fraction of sp³-hybridized carbons (Fsp3) is 0.333. The summed E-state index contributed by atoms with van der Waals surface area (Å²) in [6, 6.07) is 13.1. The molecule has 0 saturated carbocycles. The number of carbonyl (C=O) groups excluding carboxylic acids is 2. The Kier molecular flexibility index (Phi) is 6.48. The van der Waals surface area contributed by atoms with Gasteiger partial charge < -0.3 is 4.74 Å². The highest BCUT2D eigenvalue weighted by molar-refractivity contribution is 8.04. The molecule has 29 heavy (non-hydrogen) atoms. The first-order valence-electron chi connectivity index (χ1n) is 9.93. The smallest absolute Gasteiger partial charge is 0.272 e. The van der Waals surface area contributed by atoms with Crippen LogP contribution in [0.25, 0.3) is 5.57 Å². The van der Waals surface area contributed by atoms with Gasteiger partial charge in [-0.1, -0.05) is 39.0 Å². The molecule has 0 saturated heterocycles. The molecule has 2 amide bonds. The van der Waals surface area contributed by atoms with E-state index in [9.17, 15) is 9.59 Å². The van der Waals surface area contributed by atoms with E-state index < -0.39 is 0 Å². The van der Waals surface area contributed by atoms with Crippen molar-refractivity contribution in [3.63, 3.8) is 0 Å². The molecular weight excluding hydrogens is 382 g/mol. The molecule has 1 aliphatic heterocycles. The molecule has 4 nitrogen and oxygen atoms in total. The molecule has 1 aliphatic rings. The second-order valence-corrected chi connectivity index (χ2v) is 9.04. The summed E-state index contributed by atoms with van der Waals surface area (Å²) in [5, 5.41) is 0.184. The van der Waals surface area contributed by atoms with E-state index in [2.05, 4.69) is 6.92 Å². The van der Waals surface area contributed by atoms with Gasteiger partial charge >= 0.3 is 0 Å². The van der Waals surface area contributed by atoms with E-state index in [-0.39, 0.29) is 17.1 Å². The van der Waals surface area contributed by atoms with E-state index in [0.29, 0.717) is 22.8 Å². The van der Waals surface area contributed by atoms with Gasteiger partial charge in [-0.2, -0.15) is 0 Å². The van der Waals surface area contributed by atoms with Crippen LogP contribution in [0, 0.1) is 13.8 Å². The van der Waals surface area contributed by atoms with E-state index >= 15 is 0 Å². The minimum Gasteiger partial charge on any atom is -0.494 e. The number of nitrogens with zero attached hydrogens (tertiary/aromatic N) is 1. The first-order valence-corrected chi connectivity index (χ1v) is 10.8. The first kappa shape index (κ1) is 21.2. The van der Waals surface area contributed by atoms with Crippen molar-refractivity contribution in [2.24, 2.45) is 0 Å². The Labute approximate surface area is 176 Å². The maximum Gasteiger partial charge on any atom is 0.272 e. The van der Waals surface area contributed by atoms with Gasteiger partial charge in [-0.3, -0.25) is 9.59 Å². The van der Waals surface area contributed by atoms with Gasteiger partial charge in [0.25, 0.3) is 11.8 Å². The van der Waals surface area contributed by atoms with E-state index in [1.165, 1.54) is 16.7 Å². The van der Waals surface area contributed by atoms with Crippen LogP contribution in [-0.4, -0.2) is 23.7 Å². The zero-order valence-corrected chi connectivity index (χ0v) is 18.4. The lowest BCUT2D eigenvalue weighted by atomic mass is 10.1. The Morgan fingerprint density at radius 1 is 0.966 bits per heavy atom. The van der Waals surface area contributed by atoms with Crippen LogP contribution in [0.3, 0.4) is 0 Å². The number of thioether (sulfide) groups is 1. The highest BCUT2D eigenvalue weighted by atomic mass is 32.2. The molecule has 0 aromatic heterocycles. The third kappa shape index (κ3) is 4.40. The van der Waals surface area contributed by atoms with Crippen molar-refractivity contribution in [3.05, 3.63) is 64.1 Å². The summed E-state index contributed by atoms with van der Waals surface area (Å²) in [4.78, 5) is 28.4. The zero-order chi connectivity index (χ0) is 21.1. The first-order chi connectivity index (χ1) is 13.8. The molecule has 0 bridgehead atoms. The van der Waals surface area contributed by atoms with Crippen LogP contribution in [0.4, 0.5) is 5.69 Å². The molecule has 0 fully saturated rings. The third-order valence-electron chi connectivity index (χ3n) is 4.76. The van der Waals surface area contributed by atoms with Crippen LogP contribution < -0.4 is 9.64 Å². The number of benzene rings is 2. The summed E-state index contributed by atoms with van der Waals surface area (Å²) >= 11 is 1.44. The Morgan fingerprint density at radius 3 is 2.24 bits per heavy atom. The monoisotopic (exact) mass is 409 g/mol. The molecule has 0 unspecified atom stereocenters. The average Bonchev–Trinajstić information content (AvgIpc) is 2.92. The minimum atomic E-state index is -0.274. The number of imide groups is 1. The van der Waals surface area contributed by atoms with Gasteiger partial charge in [-0.15, -0.1) is 11.8 Å². The number of amides is 2. The van der Waals surface area contributed by atoms with E-state index in [1.54, 1.807) is 0 Å². The van der Waals surface area contributed by atoms with Crippen molar-refractivity contribution in [2.45, 2.75) is 46.3 Å². The quantitative estimate of drug-likeness (QED) is 0.565. The van der Waals surface area contributed by atoms with Gasteiger partial charge in [0.1, 0.15) is 5.75 Å². The second-order valence-electron chi connectivity index (χ2n) is 7.46. The number of hydrogen-bond donors (Lipinski definition) is 0. The van der Waals surface area contributed by atoms with Crippen LogP contribution in [0.1, 0.15) is 43.9 Å². The maximum absolute atomic E-state index is 13.4. The Bertz CT molecular complexity index is 961. The van der Waals surface area contributed by atoms with Gasteiger partial charge in [0.15, 0.2) is 0 Å². The number of anilines is 1. The van der Waals surface area contributed by atoms with Gasteiger partial charge in [-0.25, -0.2) is 4.90 Å². The van der Waals surface area contributed by atoms with Crippen LogP contribution in [0.2, 0.25) is 0 Å². The number of aryl methyl sites for hydroxylation is 2. The van der Waals surface area contributed by atoms with Gasteiger partial charge in [0.2, 0.25) is 0 Å². The summed E-state index contributed by atoms with van der Waals surface area (Å²) < 4.78 is 5.64. The second kappa shape index (κ2) is 8.87. The van der Waals surface area contributed by atoms with Crippen molar-refractivity contribution in [1.29, 1.82) is 0 Å². The highest BCUT2D eigenvalue weighted by Gasteiger charge is 2.40. The zero-order valence-electron chi connectivity index (χ0n) is 17.6. The fourth-order valence-corrected chi connectivity index (χ4v) is 4.13. The Hall–Kier alpha value is -2.53. The summed E-state index contributed by atoms with van der Waals surface area (Å²) in [7, 11) is 0. The van der Waals surface area contributed by atoms with Crippen molar-refractivity contribution in [2.75, 3.05) is 11.5 Å². The normalized spacial score (nSPS) is 14.3. The van der Waals surface area contributed by atoms with Crippen molar-refractivity contribution < 1.29 is 14.3 Å². The molecule has 2 aromatic carbocycles. The summed E-state index contributed by atoms with van der Waals surface area (Å²) in [5.41, 5.74) is 3.99. The van der Waals surface area contributed by atoms with E-state index in [1.807, 2.05) is 70.2 Å². The molecule has 152 valence electrons. The largest absolute Gasteiger partial charge is 0.494 e. The Balaban J connectivity index is 2.01. The molecule has 0 aliphatic carbocycles. The minimum absolute atomic E-state index is 0.184. The third-order valence-corrected chi connectivity index (χ3v) is 5.85. The Morgan fingerprint density at radius 2 is 1.66 bits per heavy atom. The van der Waals surface area contributed by atoms with Crippen molar-refractivity contribution in [1.82, 2.24) is 0 Å². The van der Waals surface area contributed by atoms with E-state index in [0.717, 1.165) is 28.9 Å². The average molecular weight is 410 g/mol. The molecule has 5 heteroatoms. The lowest BCUT2D eigenvalue weighted by Gasteiger charge is -2.17. The summed E-state index contributed by atoms with van der Waals surface area (Å²) in [6.45, 7) is 10.7. The fourth-order valence-electron chi connectivity index (χ4n) is 3.15. The predicted octanol–water partition coefficient (Wildman–Crippen LogP) is 5.52. The summed E-state index contributed by atoms with van der Waals surface area (Å²) in [6.07, 6.45) is 0.931. The summed E-state index contributed by atoms with van der Waals surface area (Å²) in [5.74, 6) is 0.235. The van der Waals surface area contributed by atoms with Crippen LogP contribution in [0.5, 0.6) is 5.75 Å². The molecule has 0 N–H and O–H groups in total. The lowest BCUT2D eigenvalue weighted by molar-refractivity contribution is -0.119. The predicted molar refractivity (Wildman–Crippen MR) is 120 cm³/mol. The molecule has 3 rings (SSSR count). The molecule has 1 heterocycles. The topological polar surface area (TPSA) is 46.6 Å². The SMILES string of the molecule is CCCOc1ccc(C2=C(SC(C)C)C(=O)N(c3ccc(C)c(C)c3)C2=O)cc1. The maximum atomic E-state index is 13.4. The number of rotatable bonds is 7. The molecule has 0 spiro atoms. The van der Waals surface area contributed by atoms with Gasteiger partial charge in [0, 0.05) is 5.25 Å². The lowest BCUT2D eigenvalue weighted by Crippen LogP contribution is -2.31. The van der Waals surface area contributed by atoms with Gasteiger partial charge in [0.05, 0.1) is 22.8 Å². The number of hydrogen-bond acceptors (Lipinski definition) is 4. The van der Waals surface area contributed by atoms with Crippen molar-refractivity contribution in [3.8, 4) is 5.75 Å². The van der Waals surface area contributed by atoms with Gasteiger partial charge in [-0.05, 0) is 61.2 Å². The molecular formula is C24H27NO3S. The molecule has 0 radical (unpaired) electrons. The van der Waals surface area contributed by atoms with E-state index in [4.69, 9.17) is 4.74 Å². The number of ether oxygens (including phenoxy) is 1. The number of carbonyl (C=O) groups is 2. The highest BCUT2D eigenvalue weighted by Crippen LogP contribution is 2.40. The molecule has 2 aromatic rings. The standard InChI is InChI=1S/C24H27NO3S/c1-6-13-28-20-11-8-18(9-12-20)21-22(29-15(2)3)24(27)25(23(21)26)19-10-7-16(4)17(5)14-19/h7-12,14-15H,6,13H2,1-5H3. The molecule has 0 atom stereocenters.